The van der Waals surface area contributed by atoms with Gasteiger partial charge in [-0.2, -0.15) is 0 Å². The molecule has 9 nitrogen and oxygen atoms in total. The molecule has 0 unspecified atom stereocenters. The van der Waals surface area contributed by atoms with Crippen LogP contribution in [0, 0.1) is 5.92 Å². The molecular formula is C22H29Cl2NO8. The Labute approximate surface area is 201 Å². The van der Waals surface area contributed by atoms with Gasteiger partial charge in [0.2, 0.25) is 0 Å². The molecule has 0 aromatic heterocycles. The summed E-state index contributed by atoms with van der Waals surface area (Å²) in [4.78, 5) is 30.5. The number of carboxylic acids is 3. The fourth-order valence-corrected chi connectivity index (χ4v) is 4.77. The van der Waals surface area contributed by atoms with Crippen LogP contribution in [0.4, 0.5) is 0 Å². The minimum absolute atomic E-state index is 0.523. The Bertz CT molecular complexity index is 849. The Morgan fingerprint density at radius 2 is 1.73 bits per heavy atom. The Hall–Kier alpha value is -1.91. The SMILES string of the molecule is CCOC[C@@H]1[C@@H](c2ccc(Cl)c(Cl)c2)C[C@@H]2CC[C@H]1N2.O=C(O)CC(O)(CC(=O)O)C(=O)O. The highest BCUT2D eigenvalue weighted by Gasteiger charge is 2.42. The van der Waals surface area contributed by atoms with Crippen LogP contribution in [-0.2, 0) is 19.1 Å². The normalized spacial score (nSPS) is 24.0. The van der Waals surface area contributed by atoms with E-state index in [1.54, 1.807) is 0 Å². The predicted octanol–water partition coefficient (Wildman–Crippen LogP) is 3.01. The molecule has 0 saturated carbocycles. The van der Waals surface area contributed by atoms with Gasteiger partial charge in [-0.25, -0.2) is 4.79 Å². The molecule has 11 heteroatoms. The van der Waals surface area contributed by atoms with E-state index in [9.17, 15) is 14.4 Å². The molecule has 2 bridgehead atoms. The molecular weight excluding hydrogens is 477 g/mol. The van der Waals surface area contributed by atoms with Gasteiger partial charge in [0, 0.05) is 24.6 Å². The first kappa shape index (κ1) is 27.3. The summed E-state index contributed by atoms with van der Waals surface area (Å²) in [5.74, 6) is -3.96. The smallest absolute Gasteiger partial charge is 0.336 e. The summed E-state index contributed by atoms with van der Waals surface area (Å²) in [6.07, 6.45) is 1.43. The zero-order valence-corrected chi connectivity index (χ0v) is 19.7. The van der Waals surface area contributed by atoms with E-state index in [1.165, 1.54) is 24.8 Å². The van der Waals surface area contributed by atoms with Gasteiger partial charge in [-0.1, -0.05) is 29.3 Å². The lowest BCUT2D eigenvalue weighted by molar-refractivity contribution is -0.170. The highest BCUT2D eigenvalue weighted by molar-refractivity contribution is 6.42. The van der Waals surface area contributed by atoms with Crippen molar-refractivity contribution in [3.05, 3.63) is 33.8 Å². The maximum atomic E-state index is 10.3. The molecule has 0 aliphatic carbocycles. The Kier molecular flexibility index (Phi) is 9.93. The van der Waals surface area contributed by atoms with Crippen molar-refractivity contribution < 1.29 is 39.5 Å². The van der Waals surface area contributed by atoms with E-state index in [4.69, 9.17) is 48.4 Å². The molecule has 2 heterocycles. The molecule has 4 atom stereocenters. The van der Waals surface area contributed by atoms with Crippen molar-refractivity contribution in [1.29, 1.82) is 0 Å². The molecule has 1 aromatic carbocycles. The van der Waals surface area contributed by atoms with Crippen molar-refractivity contribution in [3.63, 3.8) is 0 Å². The molecule has 3 rings (SSSR count). The Morgan fingerprint density at radius 1 is 1.09 bits per heavy atom. The van der Waals surface area contributed by atoms with Crippen LogP contribution < -0.4 is 5.32 Å². The van der Waals surface area contributed by atoms with Crippen LogP contribution in [0.3, 0.4) is 0 Å². The van der Waals surface area contributed by atoms with Crippen LogP contribution in [0.5, 0.6) is 0 Å². The second-order valence-corrected chi connectivity index (χ2v) is 9.18. The summed E-state index contributed by atoms with van der Waals surface area (Å²) in [5.41, 5.74) is -1.43. The summed E-state index contributed by atoms with van der Waals surface area (Å²) in [7, 11) is 0. The number of ether oxygens (including phenoxy) is 1. The zero-order valence-electron chi connectivity index (χ0n) is 18.2. The minimum Gasteiger partial charge on any atom is -0.481 e. The third-order valence-corrected chi connectivity index (χ3v) is 6.76. The summed E-state index contributed by atoms with van der Waals surface area (Å²) in [5, 5.41) is 38.8. The summed E-state index contributed by atoms with van der Waals surface area (Å²) in [6.45, 7) is 3.66. The average molecular weight is 506 g/mol. The zero-order chi connectivity index (χ0) is 24.8. The first-order chi connectivity index (χ1) is 15.5. The van der Waals surface area contributed by atoms with E-state index in [2.05, 4.69) is 18.3 Å². The van der Waals surface area contributed by atoms with Crippen LogP contribution in [0.1, 0.15) is 50.5 Å². The van der Waals surface area contributed by atoms with Gasteiger partial charge >= 0.3 is 17.9 Å². The third-order valence-electron chi connectivity index (χ3n) is 6.02. The number of nitrogens with one attached hydrogen (secondary N) is 1. The lowest BCUT2D eigenvalue weighted by Gasteiger charge is -2.38. The van der Waals surface area contributed by atoms with Gasteiger partial charge < -0.3 is 30.5 Å². The van der Waals surface area contributed by atoms with E-state index >= 15 is 0 Å². The number of fused-ring (bicyclic) bond motifs is 2. The molecule has 2 fully saturated rings. The number of piperidine rings is 1. The molecule has 0 spiro atoms. The molecule has 2 aliphatic rings. The highest BCUT2D eigenvalue weighted by atomic mass is 35.5. The maximum Gasteiger partial charge on any atom is 0.336 e. The third kappa shape index (κ3) is 7.55. The lowest BCUT2D eigenvalue weighted by atomic mass is 9.77. The number of aliphatic hydroxyl groups is 1. The van der Waals surface area contributed by atoms with E-state index < -0.39 is 36.4 Å². The number of hydrogen-bond acceptors (Lipinski definition) is 6. The minimum atomic E-state index is -2.74. The maximum absolute atomic E-state index is 10.3. The van der Waals surface area contributed by atoms with Crippen LogP contribution in [-0.4, -0.2) is 69.2 Å². The number of hydrogen-bond donors (Lipinski definition) is 5. The van der Waals surface area contributed by atoms with Crippen LogP contribution in [0.2, 0.25) is 10.0 Å². The fraction of sp³-hybridized carbons (Fsp3) is 0.591. The fourth-order valence-electron chi connectivity index (χ4n) is 4.46. The van der Waals surface area contributed by atoms with Crippen molar-refractivity contribution in [1.82, 2.24) is 5.32 Å². The van der Waals surface area contributed by atoms with Crippen LogP contribution >= 0.6 is 23.2 Å². The number of carbonyl (C=O) groups is 3. The number of aliphatic carboxylic acids is 3. The standard InChI is InChI=1S/C16H21Cl2NO.C6H8O7/c1-2-20-9-13-12(8-11-4-6-16(13)19-11)10-3-5-14(17)15(18)7-10;7-3(8)1-6(13,5(11)12)2-4(9)10/h3,5,7,11-13,16,19H,2,4,6,8-9H2,1H3;13H,1-2H2,(H,7,8)(H,9,10)(H,11,12)/t11-,12+,13+,16+;/m0./s1. The van der Waals surface area contributed by atoms with E-state index in [-0.39, 0.29) is 0 Å². The monoisotopic (exact) mass is 505 g/mol. The van der Waals surface area contributed by atoms with Crippen LogP contribution in [0.15, 0.2) is 18.2 Å². The van der Waals surface area contributed by atoms with E-state index in [0.29, 0.717) is 34.0 Å². The number of carboxylic acid groups (broad SMARTS) is 3. The van der Waals surface area contributed by atoms with Crippen molar-refractivity contribution in [2.75, 3.05) is 13.2 Å². The van der Waals surface area contributed by atoms with Gasteiger partial charge in [-0.15, -0.1) is 0 Å². The first-order valence-corrected chi connectivity index (χ1v) is 11.4. The second kappa shape index (κ2) is 12.0. The van der Waals surface area contributed by atoms with Gasteiger partial charge in [-0.05, 0) is 49.8 Å². The quantitative estimate of drug-likeness (QED) is 0.340. The number of rotatable bonds is 9. The van der Waals surface area contributed by atoms with Crippen molar-refractivity contribution >= 4 is 41.1 Å². The molecule has 33 heavy (non-hydrogen) atoms. The Balaban J connectivity index is 0.000000260. The highest BCUT2D eigenvalue weighted by Crippen LogP contribution is 2.43. The molecule has 2 aliphatic heterocycles. The summed E-state index contributed by atoms with van der Waals surface area (Å²) >= 11 is 12.2. The average Bonchev–Trinajstić information content (AvgIpc) is 3.10. The lowest BCUT2D eigenvalue weighted by Crippen LogP contribution is -2.46. The molecule has 2 saturated heterocycles. The van der Waals surface area contributed by atoms with E-state index in [0.717, 1.165) is 13.2 Å². The topological polar surface area (TPSA) is 153 Å². The second-order valence-electron chi connectivity index (χ2n) is 8.36. The van der Waals surface area contributed by atoms with Crippen molar-refractivity contribution in [3.8, 4) is 0 Å². The molecule has 1 aromatic rings. The van der Waals surface area contributed by atoms with Crippen molar-refractivity contribution in [2.24, 2.45) is 5.92 Å². The van der Waals surface area contributed by atoms with Crippen LogP contribution in [0.25, 0.3) is 0 Å². The number of benzene rings is 1. The van der Waals surface area contributed by atoms with Gasteiger partial charge in [0.1, 0.15) is 0 Å². The largest absolute Gasteiger partial charge is 0.481 e. The molecule has 0 radical (unpaired) electrons. The predicted molar refractivity (Wildman–Crippen MR) is 121 cm³/mol. The van der Waals surface area contributed by atoms with Gasteiger partial charge in [0.25, 0.3) is 0 Å². The number of halogens is 2. The Morgan fingerprint density at radius 3 is 2.24 bits per heavy atom. The van der Waals surface area contributed by atoms with E-state index in [1.807, 2.05) is 12.1 Å². The molecule has 0 amide bonds. The van der Waals surface area contributed by atoms with Gasteiger partial charge in [0.05, 0.1) is 29.5 Å². The summed E-state index contributed by atoms with van der Waals surface area (Å²) in [6, 6.07) is 7.32. The molecule has 184 valence electrons. The summed E-state index contributed by atoms with van der Waals surface area (Å²) < 4.78 is 5.73. The van der Waals surface area contributed by atoms with Gasteiger partial charge in [0.15, 0.2) is 5.60 Å². The first-order valence-electron chi connectivity index (χ1n) is 10.6. The van der Waals surface area contributed by atoms with Crippen molar-refractivity contribution in [2.45, 2.75) is 62.6 Å². The van der Waals surface area contributed by atoms with Gasteiger partial charge in [-0.3, -0.25) is 9.59 Å². The molecule has 5 N–H and O–H groups in total.